The summed E-state index contributed by atoms with van der Waals surface area (Å²) in [6.45, 7) is 0.159. The van der Waals surface area contributed by atoms with Gasteiger partial charge in [0.2, 0.25) is 11.2 Å². The predicted octanol–water partition coefficient (Wildman–Crippen LogP) is 3.37. The third kappa shape index (κ3) is 2.21. The molecule has 0 aliphatic carbocycles. The first-order valence-electron chi connectivity index (χ1n) is 9.78. The van der Waals surface area contributed by atoms with Crippen molar-refractivity contribution in [2.75, 3.05) is 27.9 Å². The number of rotatable bonds is 5. The van der Waals surface area contributed by atoms with E-state index in [4.69, 9.17) is 14.2 Å². The van der Waals surface area contributed by atoms with Crippen LogP contribution in [0.2, 0.25) is 0 Å². The van der Waals surface area contributed by atoms with Crippen molar-refractivity contribution in [3.05, 3.63) is 88.8 Å². The van der Waals surface area contributed by atoms with Crippen LogP contribution in [0.4, 0.5) is 0 Å². The van der Waals surface area contributed by atoms with Crippen LogP contribution in [0.15, 0.2) is 72.4 Å². The van der Waals surface area contributed by atoms with Crippen LogP contribution in [0.1, 0.15) is 24.0 Å². The highest BCUT2D eigenvalue weighted by molar-refractivity contribution is 5.46. The highest BCUT2D eigenvalue weighted by Crippen LogP contribution is 2.67. The van der Waals surface area contributed by atoms with E-state index in [-0.39, 0.29) is 6.54 Å². The zero-order valence-electron chi connectivity index (χ0n) is 17.0. The summed E-state index contributed by atoms with van der Waals surface area (Å²) >= 11 is 0. The molecule has 154 valence electrons. The zero-order valence-corrected chi connectivity index (χ0v) is 17.0. The molecule has 2 aliphatic rings. The summed E-state index contributed by atoms with van der Waals surface area (Å²) in [5, 5.41) is 26.4. The minimum absolute atomic E-state index is 0.159. The van der Waals surface area contributed by atoms with Crippen LogP contribution in [0, 0.1) is 5.21 Å². The second kappa shape index (κ2) is 7.02. The van der Waals surface area contributed by atoms with Crippen molar-refractivity contribution in [1.29, 1.82) is 0 Å². The first-order valence-corrected chi connectivity index (χ1v) is 9.78. The molecule has 0 amide bonds. The molecule has 0 bridgehead atoms. The molecular weight excluding hydrogens is 370 g/mol. The van der Waals surface area contributed by atoms with Crippen LogP contribution in [0.5, 0.6) is 0 Å². The van der Waals surface area contributed by atoms with Gasteiger partial charge in [-0.15, -0.1) is 0 Å². The maximum atomic E-state index is 14.4. The highest BCUT2D eigenvalue weighted by atomic mass is 16.8. The van der Waals surface area contributed by atoms with Gasteiger partial charge in [0, 0.05) is 27.8 Å². The zero-order chi connectivity index (χ0) is 20.8. The van der Waals surface area contributed by atoms with E-state index in [1.165, 1.54) is 14.2 Å². The molecule has 0 aromatic heterocycles. The molecule has 1 N–H and O–H groups in total. The van der Waals surface area contributed by atoms with Crippen molar-refractivity contribution in [2.24, 2.45) is 0 Å². The van der Waals surface area contributed by atoms with Gasteiger partial charge in [0.05, 0.1) is 6.54 Å². The number of hydroxylamine groups is 3. The average Bonchev–Trinajstić information content (AvgIpc) is 2.94. The van der Waals surface area contributed by atoms with E-state index >= 15 is 0 Å². The number of hydrogen-bond acceptors (Lipinski definition) is 5. The van der Waals surface area contributed by atoms with E-state index in [0.29, 0.717) is 29.7 Å². The normalized spacial score (nSPS) is 36.5. The Bertz CT molecular complexity index is 904. The summed E-state index contributed by atoms with van der Waals surface area (Å²) in [7, 11) is 4.38. The topological polar surface area (TPSA) is 71.0 Å². The fourth-order valence-electron chi connectivity index (χ4n) is 5.34. The fraction of sp³-hybridized carbons (Fsp3) is 0.391. The molecule has 2 aromatic carbocycles. The van der Waals surface area contributed by atoms with E-state index in [1.807, 2.05) is 66.7 Å². The number of benzene rings is 2. The van der Waals surface area contributed by atoms with Crippen LogP contribution in [-0.2, 0) is 25.4 Å². The predicted molar refractivity (Wildman–Crippen MR) is 108 cm³/mol. The molecule has 2 aliphatic heterocycles. The maximum absolute atomic E-state index is 14.4. The largest absolute Gasteiger partial charge is 0.623 e. The Morgan fingerprint density at radius 3 is 1.97 bits per heavy atom. The molecule has 6 heteroatoms. The lowest BCUT2D eigenvalue weighted by molar-refractivity contribution is -0.955. The highest BCUT2D eigenvalue weighted by Gasteiger charge is 2.84. The van der Waals surface area contributed by atoms with E-state index in [2.05, 4.69) is 0 Å². The Kier molecular flexibility index (Phi) is 4.90. The number of methoxy groups -OCH3 is 3. The Balaban J connectivity index is 2.20. The average molecular weight is 397 g/mol. The van der Waals surface area contributed by atoms with Crippen molar-refractivity contribution in [2.45, 2.75) is 30.0 Å². The number of fused-ring (bicyclic) bond motifs is 1. The lowest BCUT2D eigenvalue weighted by Crippen LogP contribution is -2.68. The second-order valence-corrected chi connectivity index (χ2v) is 7.51. The second-order valence-electron chi connectivity index (χ2n) is 7.51. The molecule has 0 spiro atoms. The summed E-state index contributed by atoms with van der Waals surface area (Å²) in [5.41, 5.74) is -1.33. The number of ether oxygens (including phenoxy) is 3. The Hall–Kier alpha value is -2.06. The molecule has 1 saturated heterocycles. The Morgan fingerprint density at radius 1 is 0.862 bits per heavy atom. The lowest BCUT2D eigenvalue weighted by Gasteiger charge is -2.51. The van der Waals surface area contributed by atoms with Crippen molar-refractivity contribution in [3.8, 4) is 0 Å². The molecule has 2 aromatic rings. The monoisotopic (exact) mass is 397 g/mol. The van der Waals surface area contributed by atoms with Gasteiger partial charge in [-0.25, -0.2) is 0 Å². The van der Waals surface area contributed by atoms with Gasteiger partial charge in [0.25, 0.3) is 0 Å². The fourth-order valence-corrected chi connectivity index (χ4v) is 5.34. The van der Waals surface area contributed by atoms with Crippen LogP contribution in [0.3, 0.4) is 0 Å². The van der Waals surface area contributed by atoms with E-state index < -0.39 is 21.8 Å². The molecular formula is C23H27NO5. The summed E-state index contributed by atoms with van der Waals surface area (Å²) in [6.07, 6.45) is 3.21. The Labute approximate surface area is 171 Å². The Morgan fingerprint density at radius 2 is 1.45 bits per heavy atom. The summed E-state index contributed by atoms with van der Waals surface area (Å²) in [5.74, 6) is -2.26. The molecule has 1 fully saturated rings. The van der Waals surface area contributed by atoms with E-state index in [9.17, 15) is 10.3 Å². The number of nitrogens with zero attached hydrogens (tertiary/aromatic N) is 1. The molecule has 4 atom stereocenters. The van der Waals surface area contributed by atoms with Crippen LogP contribution in [-0.4, -0.2) is 43.5 Å². The van der Waals surface area contributed by atoms with E-state index in [1.54, 1.807) is 7.11 Å². The summed E-state index contributed by atoms with van der Waals surface area (Å²) in [4.78, 5) is 0. The number of aliphatic hydroxyl groups is 1. The molecule has 4 unspecified atom stereocenters. The van der Waals surface area contributed by atoms with Gasteiger partial charge >= 0.3 is 5.91 Å². The minimum Gasteiger partial charge on any atom is -0.623 e. The third-order valence-electron chi connectivity index (χ3n) is 6.47. The summed E-state index contributed by atoms with van der Waals surface area (Å²) < 4.78 is 17.0. The van der Waals surface area contributed by atoms with Gasteiger partial charge in [-0.3, -0.25) is 4.65 Å². The number of hydrogen-bond donors (Lipinski definition) is 1. The smallest absolute Gasteiger partial charge is 0.359 e. The van der Waals surface area contributed by atoms with Gasteiger partial charge in [-0.1, -0.05) is 60.7 Å². The minimum atomic E-state index is -2.26. The van der Waals surface area contributed by atoms with E-state index in [0.717, 1.165) is 0 Å². The van der Waals surface area contributed by atoms with Crippen LogP contribution >= 0.6 is 0 Å². The maximum Gasteiger partial charge on any atom is 0.359 e. The van der Waals surface area contributed by atoms with Gasteiger partial charge < -0.3 is 24.5 Å². The van der Waals surface area contributed by atoms with Crippen molar-refractivity contribution in [1.82, 2.24) is 0 Å². The SMILES string of the molecule is COC1(c2ccccc2)C2=CCCC[N+]2([O-])C(O)(OC)C1(OC)c1ccccc1. The molecule has 6 nitrogen and oxygen atoms in total. The van der Waals surface area contributed by atoms with Gasteiger partial charge in [-0.2, -0.15) is 0 Å². The third-order valence-corrected chi connectivity index (χ3v) is 6.47. The van der Waals surface area contributed by atoms with Crippen molar-refractivity contribution >= 4 is 0 Å². The van der Waals surface area contributed by atoms with Crippen molar-refractivity contribution in [3.63, 3.8) is 0 Å². The molecule has 2 heterocycles. The van der Waals surface area contributed by atoms with Crippen LogP contribution < -0.4 is 0 Å². The first-order chi connectivity index (χ1) is 14.0. The standard InChI is InChI=1S/C23H27NO5/c1-27-21(18-12-6-4-7-13-18)20-16-10-11-17-24(20,26)23(25,29-3)22(21,28-2)19-14-8-5-9-15-19/h4-9,12-16,25H,10-11,17H2,1-3H3. The molecule has 29 heavy (non-hydrogen) atoms. The lowest BCUT2D eigenvalue weighted by atomic mass is 9.71. The summed E-state index contributed by atoms with van der Waals surface area (Å²) in [6, 6.07) is 18.7. The molecule has 0 saturated carbocycles. The van der Waals surface area contributed by atoms with Gasteiger partial charge in [0.1, 0.15) is 0 Å². The number of allylic oxidation sites excluding steroid dienone is 1. The van der Waals surface area contributed by atoms with Crippen LogP contribution in [0.25, 0.3) is 0 Å². The van der Waals surface area contributed by atoms with Gasteiger partial charge in [0.15, 0.2) is 5.70 Å². The quantitative estimate of drug-likeness (QED) is 0.476. The molecule has 0 radical (unpaired) electrons. The van der Waals surface area contributed by atoms with Crippen molar-refractivity contribution < 1.29 is 24.0 Å². The first kappa shape index (κ1) is 20.2. The molecule has 4 rings (SSSR count). The van der Waals surface area contributed by atoms with Gasteiger partial charge in [-0.05, 0) is 23.6 Å². The number of quaternary nitrogens is 1.